The fraction of sp³-hybridized carbons (Fsp3) is 0.556. The molecule has 1 aromatic heterocycles. The second-order valence-electron chi connectivity index (χ2n) is 3.15. The third kappa shape index (κ3) is 2.17. The van der Waals surface area contributed by atoms with Crippen molar-refractivity contribution in [3.63, 3.8) is 0 Å². The summed E-state index contributed by atoms with van der Waals surface area (Å²) < 4.78 is 5.56. The van der Waals surface area contributed by atoms with Crippen LogP contribution in [-0.4, -0.2) is 16.8 Å². The predicted octanol–water partition coefficient (Wildman–Crippen LogP) is 2.37. The van der Waals surface area contributed by atoms with Crippen molar-refractivity contribution in [3.05, 3.63) is 23.0 Å². The lowest BCUT2D eigenvalue weighted by molar-refractivity contribution is 0.0118. The monoisotopic (exact) mass is 198 g/mol. The summed E-state index contributed by atoms with van der Waals surface area (Å²) in [5.41, 5.74) is 0.854. The van der Waals surface area contributed by atoms with E-state index < -0.39 is 0 Å². The molecule has 2 rings (SSSR count). The van der Waals surface area contributed by atoms with Crippen LogP contribution in [0.3, 0.4) is 0 Å². The number of halogens is 1. The Morgan fingerprint density at radius 3 is 3.08 bits per heavy atom. The first-order chi connectivity index (χ1) is 6.36. The van der Waals surface area contributed by atoms with E-state index in [2.05, 4.69) is 10.2 Å². The van der Waals surface area contributed by atoms with Gasteiger partial charge < -0.3 is 4.74 Å². The Bertz CT molecular complexity index is 287. The van der Waals surface area contributed by atoms with Crippen molar-refractivity contribution in [2.24, 2.45) is 0 Å². The highest BCUT2D eigenvalue weighted by molar-refractivity contribution is 6.30. The van der Waals surface area contributed by atoms with Gasteiger partial charge >= 0.3 is 0 Å². The fourth-order valence-corrected chi connectivity index (χ4v) is 1.64. The molecule has 0 saturated carbocycles. The summed E-state index contributed by atoms with van der Waals surface area (Å²) in [6, 6.07) is 1.82. The molecular weight excluding hydrogens is 188 g/mol. The quantitative estimate of drug-likeness (QED) is 0.695. The number of ether oxygens (including phenoxy) is 1. The Hall–Kier alpha value is -0.670. The van der Waals surface area contributed by atoms with E-state index in [1.807, 2.05) is 6.07 Å². The highest BCUT2D eigenvalue weighted by Crippen LogP contribution is 2.26. The maximum atomic E-state index is 5.81. The van der Waals surface area contributed by atoms with Crippen LogP contribution in [0.2, 0.25) is 5.02 Å². The average molecular weight is 199 g/mol. The molecule has 0 aliphatic carbocycles. The van der Waals surface area contributed by atoms with E-state index in [1.165, 1.54) is 12.6 Å². The van der Waals surface area contributed by atoms with Crippen LogP contribution in [-0.2, 0) is 4.74 Å². The zero-order valence-corrected chi connectivity index (χ0v) is 8.00. The van der Waals surface area contributed by atoms with Crippen LogP contribution in [0.25, 0.3) is 0 Å². The van der Waals surface area contributed by atoms with Crippen LogP contribution in [0.5, 0.6) is 0 Å². The molecule has 1 unspecified atom stereocenters. The molecule has 4 heteroatoms. The topological polar surface area (TPSA) is 35.0 Å². The van der Waals surface area contributed by atoms with Crippen molar-refractivity contribution in [2.75, 3.05) is 6.61 Å². The van der Waals surface area contributed by atoms with Crippen LogP contribution in [0, 0.1) is 0 Å². The minimum atomic E-state index is 0.0972. The normalized spacial score (nSPS) is 23.0. The van der Waals surface area contributed by atoms with Crippen molar-refractivity contribution in [1.29, 1.82) is 0 Å². The molecule has 0 bridgehead atoms. The maximum absolute atomic E-state index is 5.81. The van der Waals surface area contributed by atoms with Crippen molar-refractivity contribution in [1.82, 2.24) is 10.2 Å². The third-order valence-corrected chi connectivity index (χ3v) is 2.36. The summed E-state index contributed by atoms with van der Waals surface area (Å²) in [5.74, 6) is 0. The van der Waals surface area contributed by atoms with Crippen LogP contribution in [0.4, 0.5) is 0 Å². The van der Waals surface area contributed by atoms with E-state index in [-0.39, 0.29) is 6.10 Å². The molecule has 1 saturated heterocycles. The minimum absolute atomic E-state index is 0.0972. The number of hydrogen-bond donors (Lipinski definition) is 0. The highest BCUT2D eigenvalue weighted by Gasteiger charge is 2.17. The largest absolute Gasteiger partial charge is 0.372 e. The summed E-state index contributed by atoms with van der Waals surface area (Å²) in [4.78, 5) is 0. The summed E-state index contributed by atoms with van der Waals surface area (Å²) in [6.45, 7) is 0.818. The third-order valence-electron chi connectivity index (χ3n) is 2.15. The second-order valence-corrected chi connectivity index (χ2v) is 3.59. The summed E-state index contributed by atoms with van der Waals surface area (Å²) in [5, 5.41) is 8.43. The first-order valence-electron chi connectivity index (χ1n) is 4.46. The summed E-state index contributed by atoms with van der Waals surface area (Å²) in [7, 11) is 0. The number of hydrogen-bond acceptors (Lipinski definition) is 3. The molecule has 3 nitrogen and oxygen atoms in total. The molecule has 1 fully saturated rings. The number of rotatable bonds is 1. The van der Waals surface area contributed by atoms with Crippen LogP contribution < -0.4 is 0 Å². The Labute approximate surface area is 82.1 Å². The molecule has 1 aliphatic heterocycles. The predicted molar refractivity (Wildman–Crippen MR) is 49.6 cm³/mol. The Kier molecular flexibility index (Phi) is 2.76. The van der Waals surface area contributed by atoms with Crippen molar-refractivity contribution in [2.45, 2.75) is 25.4 Å². The molecule has 0 aromatic carbocycles. The Morgan fingerprint density at radius 1 is 1.46 bits per heavy atom. The van der Waals surface area contributed by atoms with Gasteiger partial charge in [0.2, 0.25) is 0 Å². The van der Waals surface area contributed by atoms with E-state index in [0.717, 1.165) is 25.1 Å². The van der Waals surface area contributed by atoms with Gasteiger partial charge in [-0.15, -0.1) is 0 Å². The lowest BCUT2D eigenvalue weighted by Gasteiger charge is -2.21. The van der Waals surface area contributed by atoms with Crippen LogP contribution >= 0.6 is 11.6 Å². The van der Waals surface area contributed by atoms with Gasteiger partial charge in [0.1, 0.15) is 6.10 Å². The molecule has 0 N–H and O–H groups in total. The van der Waals surface area contributed by atoms with Gasteiger partial charge in [-0.2, -0.15) is 10.2 Å². The SMILES string of the molecule is Clc1cnnc(C2CCCCO2)c1. The molecular formula is C9H11ClN2O. The van der Waals surface area contributed by atoms with E-state index in [1.54, 1.807) is 0 Å². The lowest BCUT2D eigenvalue weighted by atomic mass is 10.1. The van der Waals surface area contributed by atoms with Gasteiger partial charge in [-0.3, -0.25) is 0 Å². The van der Waals surface area contributed by atoms with Crippen molar-refractivity contribution >= 4 is 11.6 Å². The standard InChI is InChI=1S/C9H11ClN2O/c10-7-5-8(12-11-6-7)9-3-1-2-4-13-9/h5-6,9H,1-4H2. The van der Waals surface area contributed by atoms with Crippen molar-refractivity contribution in [3.8, 4) is 0 Å². The van der Waals surface area contributed by atoms with Gasteiger partial charge in [0.05, 0.1) is 16.9 Å². The molecule has 13 heavy (non-hydrogen) atoms. The maximum Gasteiger partial charge on any atom is 0.101 e. The molecule has 1 aromatic rings. The van der Waals surface area contributed by atoms with E-state index in [4.69, 9.17) is 16.3 Å². The fourth-order valence-electron chi connectivity index (χ4n) is 1.49. The average Bonchev–Trinajstić information content (AvgIpc) is 2.19. The van der Waals surface area contributed by atoms with Gasteiger partial charge in [0.25, 0.3) is 0 Å². The van der Waals surface area contributed by atoms with Crippen LogP contribution in [0.15, 0.2) is 12.3 Å². The number of nitrogens with zero attached hydrogens (tertiary/aromatic N) is 2. The Balaban J connectivity index is 2.14. The zero-order chi connectivity index (χ0) is 9.10. The van der Waals surface area contributed by atoms with Crippen molar-refractivity contribution < 1.29 is 4.74 Å². The molecule has 1 atom stereocenters. The number of aromatic nitrogens is 2. The van der Waals surface area contributed by atoms with E-state index >= 15 is 0 Å². The summed E-state index contributed by atoms with van der Waals surface area (Å²) >= 11 is 5.81. The first kappa shape index (κ1) is 8.91. The minimum Gasteiger partial charge on any atom is -0.372 e. The molecule has 70 valence electrons. The van der Waals surface area contributed by atoms with E-state index in [9.17, 15) is 0 Å². The van der Waals surface area contributed by atoms with Gasteiger partial charge in [-0.05, 0) is 25.3 Å². The first-order valence-corrected chi connectivity index (χ1v) is 4.84. The highest BCUT2D eigenvalue weighted by atomic mass is 35.5. The summed E-state index contributed by atoms with van der Waals surface area (Å²) in [6.07, 6.45) is 4.99. The zero-order valence-electron chi connectivity index (χ0n) is 7.24. The van der Waals surface area contributed by atoms with Gasteiger partial charge in [0.15, 0.2) is 0 Å². The van der Waals surface area contributed by atoms with Gasteiger partial charge in [-0.25, -0.2) is 0 Å². The second kappa shape index (κ2) is 4.03. The van der Waals surface area contributed by atoms with E-state index in [0.29, 0.717) is 5.02 Å². The molecule has 0 radical (unpaired) electrons. The van der Waals surface area contributed by atoms with Gasteiger partial charge in [0, 0.05) is 6.61 Å². The molecule has 0 spiro atoms. The molecule has 2 heterocycles. The van der Waals surface area contributed by atoms with Crippen LogP contribution in [0.1, 0.15) is 31.1 Å². The van der Waals surface area contributed by atoms with Gasteiger partial charge in [-0.1, -0.05) is 11.6 Å². The molecule has 1 aliphatic rings. The lowest BCUT2D eigenvalue weighted by Crippen LogP contribution is -2.13. The molecule has 0 amide bonds. The Morgan fingerprint density at radius 2 is 2.38 bits per heavy atom. The smallest absolute Gasteiger partial charge is 0.101 e.